The molecule has 40 heavy (non-hydrogen) atoms. The van der Waals surface area contributed by atoms with Gasteiger partial charge in [-0.2, -0.15) is 18.2 Å². The number of carbonyl (C=O) groups is 2. The van der Waals surface area contributed by atoms with E-state index in [1.807, 2.05) is 13.8 Å². The van der Waals surface area contributed by atoms with Crippen LogP contribution >= 0.6 is 0 Å². The number of rotatable bonds is 10. The van der Waals surface area contributed by atoms with Crippen LogP contribution in [0.5, 0.6) is 0 Å². The van der Waals surface area contributed by atoms with E-state index in [-0.39, 0.29) is 29.6 Å². The Bertz CT molecular complexity index is 1170. The molecule has 3 atom stereocenters. The molecule has 2 fully saturated rings. The van der Waals surface area contributed by atoms with Crippen LogP contribution in [0.1, 0.15) is 68.3 Å². The maximum absolute atomic E-state index is 13.8. The van der Waals surface area contributed by atoms with Crippen molar-refractivity contribution in [2.75, 3.05) is 30.8 Å². The van der Waals surface area contributed by atoms with Gasteiger partial charge in [0.25, 0.3) is 5.91 Å². The van der Waals surface area contributed by atoms with E-state index in [0.29, 0.717) is 36.7 Å². The monoisotopic (exact) mass is 561 g/mol. The Morgan fingerprint density at radius 2 is 1.85 bits per heavy atom. The topological polar surface area (TPSA) is 111 Å². The number of benzene rings is 1. The predicted octanol–water partition coefficient (Wildman–Crippen LogP) is 4.56. The molecule has 1 saturated carbocycles. The summed E-state index contributed by atoms with van der Waals surface area (Å²) < 4.78 is 41.3. The SMILES string of the molecule is CC(C)NC(=O)[C@H]1CCC[C@H]1Nc1nc(Nc2ccc(C(=O)NCCC3CCCN3C)cc2)ncc1C(F)(F)F. The summed E-state index contributed by atoms with van der Waals surface area (Å²) in [4.78, 5) is 35.4. The van der Waals surface area contributed by atoms with Crippen molar-refractivity contribution in [2.45, 2.75) is 76.7 Å². The largest absolute Gasteiger partial charge is 0.421 e. The number of alkyl halides is 3. The second kappa shape index (κ2) is 12.8. The second-order valence-electron chi connectivity index (χ2n) is 10.9. The summed E-state index contributed by atoms with van der Waals surface area (Å²) in [6.45, 7) is 5.36. The fourth-order valence-corrected chi connectivity index (χ4v) is 5.41. The molecule has 2 heterocycles. The van der Waals surface area contributed by atoms with Crippen LogP contribution in [0.4, 0.5) is 30.6 Å². The summed E-state index contributed by atoms with van der Waals surface area (Å²) in [5.74, 6) is -1.22. The zero-order valence-corrected chi connectivity index (χ0v) is 23.1. The number of likely N-dealkylation sites (tertiary alicyclic amines) is 1. The molecule has 1 aliphatic heterocycles. The number of amides is 2. The van der Waals surface area contributed by atoms with Crippen LogP contribution in [0.25, 0.3) is 0 Å². The van der Waals surface area contributed by atoms with Gasteiger partial charge in [0.1, 0.15) is 11.4 Å². The van der Waals surface area contributed by atoms with Gasteiger partial charge in [-0.15, -0.1) is 0 Å². The quantitative estimate of drug-likeness (QED) is 0.337. The van der Waals surface area contributed by atoms with Crippen LogP contribution in [-0.2, 0) is 11.0 Å². The summed E-state index contributed by atoms with van der Waals surface area (Å²) in [7, 11) is 2.10. The third-order valence-electron chi connectivity index (χ3n) is 7.54. The molecule has 4 rings (SSSR count). The first-order chi connectivity index (χ1) is 19.0. The minimum absolute atomic E-state index is 0.0328. The number of hydrogen-bond donors (Lipinski definition) is 4. The number of nitrogens with one attached hydrogen (secondary N) is 4. The van der Waals surface area contributed by atoms with E-state index >= 15 is 0 Å². The van der Waals surface area contributed by atoms with Crippen molar-refractivity contribution < 1.29 is 22.8 Å². The van der Waals surface area contributed by atoms with Crippen LogP contribution in [0.15, 0.2) is 30.5 Å². The lowest BCUT2D eigenvalue weighted by Gasteiger charge is -2.24. The highest BCUT2D eigenvalue weighted by atomic mass is 19.4. The predicted molar refractivity (Wildman–Crippen MR) is 147 cm³/mol. The Balaban J connectivity index is 1.41. The van der Waals surface area contributed by atoms with E-state index < -0.39 is 23.7 Å². The molecule has 0 bridgehead atoms. The van der Waals surface area contributed by atoms with E-state index in [9.17, 15) is 22.8 Å². The highest BCUT2D eigenvalue weighted by Crippen LogP contribution is 2.36. The molecule has 2 aliphatic rings. The number of aromatic nitrogens is 2. The van der Waals surface area contributed by atoms with Gasteiger partial charge in [-0.3, -0.25) is 9.59 Å². The Labute approximate surface area is 232 Å². The summed E-state index contributed by atoms with van der Waals surface area (Å²) in [6.07, 6.45) is 1.16. The van der Waals surface area contributed by atoms with Crippen molar-refractivity contribution in [1.82, 2.24) is 25.5 Å². The van der Waals surface area contributed by atoms with Crippen molar-refractivity contribution in [1.29, 1.82) is 0 Å². The summed E-state index contributed by atoms with van der Waals surface area (Å²) in [6, 6.07) is 6.53. The van der Waals surface area contributed by atoms with Crippen molar-refractivity contribution in [3.8, 4) is 0 Å². The third-order valence-corrected chi connectivity index (χ3v) is 7.54. The molecule has 2 amide bonds. The highest BCUT2D eigenvalue weighted by molar-refractivity contribution is 5.94. The van der Waals surface area contributed by atoms with Crippen molar-refractivity contribution in [3.05, 3.63) is 41.6 Å². The normalized spacial score (nSPS) is 21.4. The number of anilines is 3. The Kier molecular flexibility index (Phi) is 9.49. The molecular formula is C28H38F3N7O2. The minimum atomic E-state index is -4.67. The first-order valence-corrected chi connectivity index (χ1v) is 13.9. The van der Waals surface area contributed by atoms with Crippen molar-refractivity contribution in [2.24, 2.45) is 5.92 Å². The molecule has 1 aromatic carbocycles. The average molecular weight is 562 g/mol. The van der Waals surface area contributed by atoms with E-state index in [2.05, 4.69) is 43.2 Å². The lowest BCUT2D eigenvalue weighted by atomic mass is 10.0. The smallest absolute Gasteiger partial charge is 0.366 e. The number of carbonyl (C=O) groups excluding carboxylic acids is 2. The van der Waals surface area contributed by atoms with Gasteiger partial charge in [0.05, 0.1) is 5.92 Å². The number of nitrogens with zero attached hydrogens (tertiary/aromatic N) is 3. The Morgan fingerprint density at radius 1 is 1.10 bits per heavy atom. The van der Waals surface area contributed by atoms with Gasteiger partial charge in [-0.1, -0.05) is 6.42 Å². The molecule has 1 aromatic heterocycles. The average Bonchev–Trinajstić information content (AvgIpc) is 3.52. The van der Waals surface area contributed by atoms with E-state index in [1.165, 1.54) is 6.42 Å². The zero-order valence-electron chi connectivity index (χ0n) is 23.1. The molecule has 218 valence electrons. The molecular weight excluding hydrogens is 523 g/mol. The molecule has 12 heteroatoms. The molecule has 9 nitrogen and oxygen atoms in total. The van der Waals surface area contributed by atoms with Crippen molar-refractivity contribution >= 4 is 29.3 Å². The lowest BCUT2D eigenvalue weighted by Crippen LogP contribution is -2.41. The molecule has 1 saturated heterocycles. The van der Waals surface area contributed by atoms with Gasteiger partial charge in [-0.25, -0.2) is 4.98 Å². The molecule has 4 N–H and O–H groups in total. The fourth-order valence-electron chi connectivity index (χ4n) is 5.41. The molecule has 2 aromatic rings. The van der Waals surface area contributed by atoms with Crippen LogP contribution in [-0.4, -0.2) is 64.9 Å². The number of halogens is 3. The van der Waals surface area contributed by atoms with E-state index in [1.54, 1.807) is 24.3 Å². The van der Waals surface area contributed by atoms with Crippen molar-refractivity contribution in [3.63, 3.8) is 0 Å². The van der Waals surface area contributed by atoms with Gasteiger partial charge in [0.2, 0.25) is 11.9 Å². The zero-order chi connectivity index (χ0) is 28.9. The fraction of sp³-hybridized carbons (Fsp3) is 0.571. The van der Waals surface area contributed by atoms with Gasteiger partial charge >= 0.3 is 6.18 Å². The maximum Gasteiger partial charge on any atom is 0.421 e. The molecule has 0 radical (unpaired) electrons. The summed E-state index contributed by atoms with van der Waals surface area (Å²) >= 11 is 0. The Hall–Kier alpha value is -3.41. The van der Waals surface area contributed by atoms with Gasteiger partial charge in [-0.05, 0) is 83.8 Å². The van der Waals surface area contributed by atoms with Gasteiger partial charge < -0.3 is 26.2 Å². The van der Waals surface area contributed by atoms with Crippen LogP contribution < -0.4 is 21.3 Å². The number of hydrogen-bond acceptors (Lipinski definition) is 7. The standard InChI is InChI=1S/C28H38F3N7O2/c1-17(2)34-26(40)21-7-4-8-23(21)36-24-22(28(29,30)31)16-33-27(37-24)35-19-11-9-18(10-12-19)25(39)32-14-13-20-6-5-15-38(20)3/h9-12,16-17,20-21,23H,4-8,13-15H2,1-3H3,(H,32,39)(H,34,40)(H2,33,35,36,37)/t20?,21-,23+/m0/s1. The second-order valence-corrected chi connectivity index (χ2v) is 10.9. The minimum Gasteiger partial charge on any atom is -0.366 e. The first-order valence-electron chi connectivity index (χ1n) is 13.9. The van der Waals surface area contributed by atoms with Crippen LogP contribution in [0, 0.1) is 5.92 Å². The summed E-state index contributed by atoms with van der Waals surface area (Å²) in [5, 5.41) is 11.6. The maximum atomic E-state index is 13.8. The lowest BCUT2D eigenvalue weighted by molar-refractivity contribution is -0.137. The summed E-state index contributed by atoms with van der Waals surface area (Å²) in [5.41, 5.74) is 0.00152. The Morgan fingerprint density at radius 3 is 2.50 bits per heavy atom. The van der Waals surface area contributed by atoms with E-state index in [4.69, 9.17) is 0 Å². The molecule has 1 aliphatic carbocycles. The molecule has 0 spiro atoms. The third kappa shape index (κ3) is 7.61. The van der Waals surface area contributed by atoms with Crippen LogP contribution in [0.3, 0.4) is 0 Å². The first kappa shape index (κ1) is 29.6. The van der Waals surface area contributed by atoms with Gasteiger partial charge in [0, 0.05) is 42.1 Å². The van der Waals surface area contributed by atoms with E-state index in [0.717, 1.165) is 32.0 Å². The van der Waals surface area contributed by atoms with Gasteiger partial charge in [0.15, 0.2) is 0 Å². The van der Waals surface area contributed by atoms with Crippen LogP contribution in [0.2, 0.25) is 0 Å². The molecule has 1 unspecified atom stereocenters. The highest BCUT2D eigenvalue weighted by Gasteiger charge is 2.39.